The number of nitrogens with one attached hydrogen (secondary N) is 3. The summed E-state index contributed by atoms with van der Waals surface area (Å²) in [6.07, 6.45) is 7.36. The number of aromatic nitrogens is 3. The molecule has 2 aromatic heterocycles. The number of aliphatic hydroxyl groups excluding tert-OH is 1. The first kappa shape index (κ1) is 27.6. The predicted octanol–water partition coefficient (Wildman–Crippen LogP) is 2.63. The lowest BCUT2D eigenvalue weighted by Crippen LogP contribution is -2.54. The van der Waals surface area contributed by atoms with Crippen LogP contribution in [0.2, 0.25) is 0 Å². The van der Waals surface area contributed by atoms with Crippen LogP contribution in [0.1, 0.15) is 67.2 Å². The van der Waals surface area contributed by atoms with E-state index in [0.29, 0.717) is 19.6 Å². The minimum absolute atomic E-state index is 0.0728. The van der Waals surface area contributed by atoms with Crippen molar-refractivity contribution in [2.24, 2.45) is 5.41 Å². The molecule has 1 saturated heterocycles. The van der Waals surface area contributed by atoms with Gasteiger partial charge in [0.25, 0.3) is 0 Å². The molecule has 2 aliphatic heterocycles. The van der Waals surface area contributed by atoms with Crippen LogP contribution in [0.4, 0.5) is 11.5 Å². The van der Waals surface area contributed by atoms with Crippen LogP contribution in [0, 0.1) is 24.7 Å². The fourth-order valence-electron chi connectivity index (χ4n) is 7.04. The van der Waals surface area contributed by atoms with Crippen LogP contribution in [0.25, 0.3) is 0 Å². The zero-order valence-corrected chi connectivity index (χ0v) is 23.9. The van der Waals surface area contributed by atoms with Gasteiger partial charge in [-0.15, -0.1) is 0 Å². The second-order valence-electron chi connectivity index (χ2n) is 11.9. The van der Waals surface area contributed by atoms with E-state index in [9.17, 15) is 9.90 Å². The number of hydrogen-bond acceptors (Lipinski definition) is 8. The Morgan fingerprint density at radius 1 is 1.33 bits per heavy atom. The summed E-state index contributed by atoms with van der Waals surface area (Å²) in [5.41, 5.74) is 6.65. The van der Waals surface area contributed by atoms with Gasteiger partial charge in [-0.3, -0.25) is 14.4 Å². The summed E-state index contributed by atoms with van der Waals surface area (Å²) in [4.78, 5) is 21.5. The summed E-state index contributed by atoms with van der Waals surface area (Å²) in [6.45, 7) is 10.5. The summed E-state index contributed by atoms with van der Waals surface area (Å²) in [5.74, 6) is 0.814. The molecule has 10 heteroatoms. The number of rotatable bonds is 10. The molecular formula is C29H44N8O2. The highest BCUT2D eigenvalue weighted by Crippen LogP contribution is 2.44. The molecule has 0 spiro atoms. The highest BCUT2D eigenvalue weighted by molar-refractivity contribution is 5.92. The van der Waals surface area contributed by atoms with E-state index in [1.807, 2.05) is 18.9 Å². The third-order valence-electron chi connectivity index (χ3n) is 8.86. The van der Waals surface area contributed by atoms with E-state index < -0.39 is 0 Å². The predicted molar refractivity (Wildman–Crippen MR) is 154 cm³/mol. The number of nitrogens with zero attached hydrogens (tertiary/aromatic N) is 5. The summed E-state index contributed by atoms with van der Waals surface area (Å²) in [7, 11) is 1.85. The molecule has 4 N–H and O–H groups in total. The van der Waals surface area contributed by atoms with Crippen LogP contribution in [0.3, 0.4) is 0 Å². The molecule has 10 nitrogen and oxygen atoms in total. The number of aliphatic hydroxyl groups is 1. The summed E-state index contributed by atoms with van der Waals surface area (Å²) >= 11 is 0. The summed E-state index contributed by atoms with van der Waals surface area (Å²) < 4.78 is 2.28. The summed E-state index contributed by atoms with van der Waals surface area (Å²) in [6, 6.07) is 2.29. The summed E-state index contributed by atoms with van der Waals surface area (Å²) in [5, 5.41) is 29.0. The molecule has 0 radical (unpaired) electrons. The van der Waals surface area contributed by atoms with Crippen LogP contribution >= 0.6 is 0 Å². The lowest BCUT2D eigenvalue weighted by molar-refractivity contribution is -0.125. The fraction of sp³-hybridized carbons (Fsp3) is 0.655. The third kappa shape index (κ3) is 5.68. The molecule has 1 aliphatic carbocycles. The normalized spacial score (nSPS) is 23.4. The van der Waals surface area contributed by atoms with Crippen molar-refractivity contribution in [1.82, 2.24) is 25.0 Å². The zero-order chi connectivity index (χ0) is 27.7. The number of amides is 1. The average molecular weight is 537 g/mol. The van der Waals surface area contributed by atoms with Crippen LogP contribution < -0.4 is 15.5 Å². The molecule has 2 atom stereocenters. The average Bonchev–Trinajstić information content (AvgIpc) is 3.42. The molecule has 0 aromatic carbocycles. The van der Waals surface area contributed by atoms with E-state index in [2.05, 4.69) is 45.1 Å². The first-order valence-corrected chi connectivity index (χ1v) is 14.4. The number of carbonyl (C=O) groups excluding carboxylic acids is 1. The Morgan fingerprint density at radius 2 is 2.13 bits per heavy atom. The van der Waals surface area contributed by atoms with Crippen molar-refractivity contribution in [2.75, 3.05) is 43.4 Å². The molecule has 1 saturated carbocycles. The molecule has 2 unspecified atom stereocenters. The number of fused-ring (bicyclic) bond motifs is 1. The van der Waals surface area contributed by atoms with Crippen molar-refractivity contribution in [3.63, 3.8) is 0 Å². The van der Waals surface area contributed by atoms with Crippen molar-refractivity contribution in [2.45, 2.75) is 84.5 Å². The van der Waals surface area contributed by atoms with Gasteiger partial charge < -0.3 is 26.0 Å². The number of likely N-dealkylation sites (tertiary alicyclic amines) is 1. The largest absolute Gasteiger partial charge is 0.390 e. The second-order valence-corrected chi connectivity index (χ2v) is 11.9. The van der Waals surface area contributed by atoms with E-state index >= 15 is 0 Å². The molecule has 4 heterocycles. The SMILES string of the molecule is CCCC1(Cn2nc(C)c3c2CCN(c2cc(C)nc(NC)c2C=N)C3)CCC(NC(=O)CN2CC(O)C2)C1. The number of β-amino-alcohol motifs (C(OH)–C–C–N with tert-alkyl or cyclic N) is 1. The molecule has 212 valence electrons. The topological polar surface area (TPSA) is 122 Å². The third-order valence-corrected chi connectivity index (χ3v) is 8.86. The van der Waals surface area contributed by atoms with Gasteiger partial charge in [-0.05, 0) is 51.0 Å². The maximum atomic E-state index is 12.6. The number of anilines is 2. The Kier molecular flexibility index (Phi) is 7.96. The van der Waals surface area contributed by atoms with E-state index in [0.717, 1.165) is 86.6 Å². The molecule has 39 heavy (non-hydrogen) atoms. The van der Waals surface area contributed by atoms with E-state index in [1.54, 1.807) is 0 Å². The molecule has 5 rings (SSSR count). The first-order chi connectivity index (χ1) is 18.7. The number of carbonyl (C=O) groups is 1. The highest BCUT2D eigenvalue weighted by atomic mass is 16.3. The molecule has 2 fully saturated rings. The minimum atomic E-state index is -0.283. The van der Waals surface area contributed by atoms with Gasteiger partial charge in [0.05, 0.1) is 29.6 Å². The Morgan fingerprint density at radius 3 is 2.82 bits per heavy atom. The molecule has 0 bridgehead atoms. The van der Waals surface area contributed by atoms with Crippen LogP contribution in [0.5, 0.6) is 0 Å². The lowest BCUT2D eigenvalue weighted by Gasteiger charge is -2.35. The molecular weight excluding hydrogens is 492 g/mol. The van der Waals surface area contributed by atoms with Crippen molar-refractivity contribution >= 4 is 23.6 Å². The minimum Gasteiger partial charge on any atom is -0.390 e. The maximum absolute atomic E-state index is 12.6. The van der Waals surface area contributed by atoms with Gasteiger partial charge in [0, 0.05) is 75.4 Å². The second kappa shape index (κ2) is 11.3. The monoisotopic (exact) mass is 536 g/mol. The maximum Gasteiger partial charge on any atom is 0.234 e. The van der Waals surface area contributed by atoms with Crippen LogP contribution in [-0.4, -0.2) is 82.3 Å². The van der Waals surface area contributed by atoms with Gasteiger partial charge in [0.1, 0.15) is 5.82 Å². The number of pyridine rings is 1. The quantitative estimate of drug-likeness (QED) is 0.344. The molecule has 3 aliphatic rings. The first-order valence-electron chi connectivity index (χ1n) is 14.4. The van der Waals surface area contributed by atoms with Crippen LogP contribution in [0.15, 0.2) is 6.07 Å². The smallest absolute Gasteiger partial charge is 0.234 e. The van der Waals surface area contributed by atoms with E-state index in [4.69, 9.17) is 10.5 Å². The zero-order valence-electron chi connectivity index (χ0n) is 23.9. The molecule has 1 amide bonds. The Hall–Kier alpha value is -2.98. The van der Waals surface area contributed by atoms with Crippen molar-refractivity contribution in [3.8, 4) is 0 Å². The fourth-order valence-corrected chi connectivity index (χ4v) is 7.04. The number of hydrogen-bond donors (Lipinski definition) is 4. The Bertz CT molecular complexity index is 1220. The van der Waals surface area contributed by atoms with Gasteiger partial charge >= 0.3 is 0 Å². The lowest BCUT2D eigenvalue weighted by atomic mass is 9.81. The van der Waals surface area contributed by atoms with Crippen LogP contribution in [-0.2, 0) is 24.3 Å². The molecule has 2 aromatic rings. The van der Waals surface area contributed by atoms with Crippen molar-refractivity contribution < 1.29 is 9.90 Å². The van der Waals surface area contributed by atoms with Gasteiger partial charge in [0.2, 0.25) is 5.91 Å². The van der Waals surface area contributed by atoms with Crippen molar-refractivity contribution in [3.05, 3.63) is 34.3 Å². The highest BCUT2D eigenvalue weighted by Gasteiger charge is 2.41. The van der Waals surface area contributed by atoms with Gasteiger partial charge in [-0.25, -0.2) is 4.98 Å². The van der Waals surface area contributed by atoms with E-state index in [-0.39, 0.29) is 23.5 Å². The number of aryl methyl sites for hydroxylation is 2. The standard InChI is InChI=1S/C29H44N8O2/c1-5-8-29(9-6-21(12-29)33-27(39)17-35-14-22(38)15-35)18-37-25-7-10-36(16-24(25)20(3)34-37)26-11-19(2)32-28(31-4)23(26)13-30/h11,13,21-22,30,38H,5-10,12,14-18H2,1-4H3,(H,31,32)(H,33,39). The van der Waals surface area contributed by atoms with Gasteiger partial charge in [-0.2, -0.15) is 5.10 Å². The van der Waals surface area contributed by atoms with Crippen molar-refractivity contribution in [1.29, 1.82) is 5.41 Å². The Balaban J connectivity index is 1.30. The Labute approximate surface area is 231 Å². The van der Waals surface area contributed by atoms with Gasteiger partial charge in [-0.1, -0.05) is 13.3 Å². The van der Waals surface area contributed by atoms with Gasteiger partial charge in [0.15, 0.2) is 0 Å². The van der Waals surface area contributed by atoms with E-state index in [1.165, 1.54) is 17.5 Å².